The molecular formula is C12H15NO4. The Kier molecular flexibility index (Phi) is 3.49. The summed E-state index contributed by atoms with van der Waals surface area (Å²) in [5.41, 5.74) is 0. The van der Waals surface area contributed by atoms with E-state index in [2.05, 4.69) is 0 Å². The number of ether oxygens (including phenoxy) is 1. The van der Waals surface area contributed by atoms with Crippen LogP contribution < -0.4 is 4.74 Å². The number of amides is 1. The predicted molar refractivity (Wildman–Crippen MR) is 61.1 cm³/mol. The number of aliphatic hydroxyl groups is 1. The number of β-amino-alcohol motifs (C(OH)–C–C–N with tert-alkyl or cyclic N) is 1. The number of hydrogen-bond acceptors (Lipinski definition) is 3. The van der Waals surface area contributed by atoms with Crippen molar-refractivity contribution in [3.63, 3.8) is 0 Å². The van der Waals surface area contributed by atoms with E-state index >= 15 is 0 Å². The van der Waals surface area contributed by atoms with Crippen molar-refractivity contribution >= 4 is 6.09 Å². The van der Waals surface area contributed by atoms with E-state index in [1.807, 2.05) is 30.3 Å². The number of rotatable bonds is 3. The maximum atomic E-state index is 10.9. The Morgan fingerprint density at radius 1 is 1.41 bits per heavy atom. The lowest BCUT2D eigenvalue weighted by Gasteiger charge is -2.21. The molecule has 1 saturated heterocycles. The molecule has 0 unspecified atom stereocenters. The highest BCUT2D eigenvalue weighted by atomic mass is 16.5. The van der Waals surface area contributed by atoms with Crippen LogP contribution in [0.25, 0.3) is 0 Å². The highest BCUT2D eigenvalue weighted by molar-refractivity contribution is 5.66. The summed E-state index contributed by atoms with van der Waals surface area (Å²) >= 11 is 0. The van der Waals surface area contributed by atoms with Crippen LogP contribution in [0.4, 0.5) is 4.79 Å². The molecule has 0 bridgehead atoms. The molecule has 0 aliphatic carbocycles. The molecule has 92 valence electrons. The quantitative estimate of drug-likeness (QED) is 0.828. The maximum Gasteiger partial charge on any atom is 0.407 e. The molecule has 0 aromatic heterocycles. The van der Waals surface area contributed by atoms with E-state index in [4.69, 9.17) is 9.84 Å². The fraction of sp³-hybridized carbons (Fsp3) is 0.417. The summed E-state index contributed by atoms with van der Waals surface area (Å²) in [6.45, 7) is 0.436. The van der Waals surface area contributed by atoms with E-state index in [1.165, 1.54) is 4.90 Å². The summed E-state index contributed by atoms with van der Waals surface area (Å²) in [6, 6.07) is 8.95. The minimum atomic E-state index is -1.01. The Hall–Kier alpha value is -1.75. The molecule has 1 heterocycles. The lowest BCUT2D eigenvalue weighted by molar-refractivity contribution is 0.119. The van der Waals surface area contributed by atoms with Gasteiger partial charge in [-0.3, -0.25) is 4.90 Å². The number of carboxylic acid groups (broad SMARTS) is 1. The molecule has 1 aliphatic rings. The smallest absolute Gasteiger partial charge is 0.407 e. The number of hydrogen-bond donors (Lipinski definition) is 2. The van der Waals surface area contributed by atoms with Crippen LogP contribution in [0.2, 0.25) is 0 Å². The number of carbonyl (C=O) groups is 1. The second-order valence-electron chi connectivity index (χ2n) is 4.10. The third-order valence-electron chi connectivity index (χ3n) is 2.82. The van der Waals surface area contributed by atoms with E-state index in [0.717, 1.165) is 0 Å². The zero-order chi connectivity index (χ0) is 12.3. The molecule has 5 heteroatoms. The minimum Gasteiger partial charge on any atom is -0.491 e. The molecule has 5 nitrogen and oxygen atoms in total. The number of para-hydroxylation sites is 1. The normalized spacial score (nSPS) is 23.7. The summed E-state index contributed by atoms with van der Waals surface area (Å²) in [7, 11) is 0. The van der Waals surface area contributed by atoms with E-state index in [9.17, 15) is 9.90 Å². The average molecular weight is 237 g/mol. The van der Waals surface area contributed by atoms with Crippen LogP contribution in [0.15, 0.2) is 30.3 Å². The van der Waals surface area contributed by atoms with Crippen molar-refractivity contribution in [1.29, 1.82) is 0 Å². The Labute approximate surface area is 99.2 Å². The molecule has 1 fully saturated rings. The summed E-state index contributed by atoms with van der Waals surface area (Å²) in [4.78, 5) is 12.2. The van der Waals surface area contributed by atoms with Crippen molar-refractivity contribution in [1.82, 2.24) is 4.90 Å². The highest BCUT2D eigenvalue weighted by Gasteiger charge is 2.34. The molecule has 2 atom stereocenters. The van der Waals surface area contributed by atoms with Crippen molar-refractivity contribution in [2.24, 2.45) is 0 Å². The second kappa shape index (κ2) is 5.05. The average Bonchev–Trinajstić information content (AvgIpc) is 2.69. The van der Waals surface area contributed by atoms with Gasteiger partial charge in [-0.15, -0.1) is 0 Å². The zero-order valence-electron chi connectivity index (χ0n) is 9.32. The van der Waals surface area contributed by atoms with E-state index < -0.39 is 12.2 Å². The molecule has 2 rings (SSSR count). The van der Waals surface area contributed by atoms with E-state index in [1.54, 1.807) is 0 Å². The fourth-order valence-corrected chi connectivity index (χ4v) is 1.99. The number of nitrogens with zero attached hydrogens (tertiary/aromatic N) is 1. The first-order valence-corrected chi connectivity index (χ1v) is 5.52. The molecule has 0 spiro atoms. The zero-order valence-corrected chi connectivity index (χ0v) is 9.32. The molecule has 1 aliphatic heterocycles. The van der Waals surface area contributed by atoms with Crippen LogP contribution in [-0.4, -0.2) is 46.5 Å². The number of benzene rings is 1. The van der Waals surface area contributed by atoms with Gasteiger partial charge in [-0.25, -0.2) is 4.79 Å². The third-order valence-corrected chi connectivity index (χ3v) is 2.82. The summed E-state index contributed by atoms with van der Waals surface area (Å²) in [6.07, 6.45) is -1.17. The van der Waals surface area contributed by atoms with Crippen LogP contribution in [-0.2, 0) is 0 Å². The van der Waals surface area contributed by atoms with Crippen molar-refractivity contribution in [2.75, 3.05) is 13.2 Å². The standard InChI is InChI=1S/C12H15NO4/c14-10-6-9(13(7-10)12(15)16)8-17-11-4-2-1-3-5-11/h1-5,9-10,14H,6-8H2,(H,15,16)/t9-,10+/m0/s1. The third kappa shape index (κ3) is 2.88. The Morgan fingerprint density at radius 2 is 2.12 bits per heavy atom. The van der Waals surface area contributed by atoms with Crippen LogP contribution in [0, 0.1) is 0 Å². The Bertz CT molecular complexity index is 381. The summed E-state index contributed by atoms with van der Waals surface area (Å²) in [5.74, 6) is 0.708. The largest absolute Gasteiger partial charge is 0.491 e. The van der Waals surface area contributed by atoms with Gasteiger partial charge in [0.15, 0.2) is 0 Å². The first kappa shape index (κ1) is 11.7. The molecule has 2 N–H and O–H groups in total. The SMILES string of the molecule is O=C(O)N1C[C@H](O)C[C@H]1COc1ccccc1. The molecule has 0 radical (unpaired) electrons. The molecule has 1 aromatic rings. The molecule has 1 aromatic carbocycles. The van der Waals surface area contributed by atoms with Gasteiger partial charge < -0.3 is 14.9 Å². The van der Waals surface area contributed by atoms with Gasteiger partial charge in [0.1, 0.15) is 12.4 Å². The van der Waals surface area contributed by atoms with Gasteiger partial charge in [0.2, 0.25) is 0 Å². The van der Waals surface area contributed by atoms with Crippen LogP contribution in [0.1, 0.15) is 6.42 Å². The monoisotopic (exact) mass is 237 g/mol. The van der Waals surface area contributed by atoms with Gasteiger partial charge in [0.25, 0.3) is 0 Å². The van der Waals surface area contributed by atoms with Gasteiger partial charge in [0.05, 0.1) is 18.7 Å². The van der Waals surface area contributed by atoms with Gasteiger partial charge >= 0.3 is 6.09 Å². The Morgan fingerprint density at radius 3 is 2.76 bits per heavy atom. The highest BCUT2D eigenvalue weighted by Crippen LogP contribution is 2.19. The van der Waals surface area contributed by atoms with Crippen molar-refractivity contribution in [3.8, 4) is 5.75 Å². The number of aliphatic hydroxyl groups excluding tert-OH is 1. The van der Waals surface area contributed by atoms with Gasteiger partial charge in [-0.2, -0.15) is 0 Å². The maximum absolute atomic E-state index is 10.9. The van der Waals surface area contributed by atoms with Crippen LogP contribution in [0.5, 0.6) is 5.75 Å². The molecule has 1 amide bonds. The molecule has 17 heavy (non-hydrogen) atoms. The summed E-state index contributed by atoms with van der Waals surface area (Å²) < 4.78 is 5.50. The van der Waals surface area contributed by atoms with Crippen LogP contribution in [0.3, 0.4) is 0 Å². The first-order valence-electron chi connectivity index (χ1n) is 5.52. The van der Waals surface area contributed by atoms with Crippen molar-refractivity contribution in [3.05, 3.63) is 30.3 Å². The number of likely N-dealkylation sites (tertiary alicyclic amines) is 1. The lowest BCUT2D eigenvalue weighted by atomic mass is 10.2. The van der Waals surface area contributed by atoms with E-state index in [0.29, 0.717) is 12.2 Å². The Balaban J connectivity index is 1.92. The molecular weight excluding hydrogens is 222 g/mol. The van der Waals surface area contributed by atoms with Crippen molar-refractivity contribution in [2.45, 2.75) is 18.6 Å². The fourth-order valence-electron chi connectivity index (χ4n) is 1.99. The predicted octanol–water partition coefficient (Wildman–Crippen LogP) is 1.18. The van der Waals surface area contributed by atoms with E-state index in [-0.39, 0.29) is 19.2 Å². The van der Waals surface area contributed by atoms with Crippen LogP contribution >= 0.6 is 0 Å². The molecule has 0 saturated carbocycles. The topological polar surface area (TPSA) is 70.0 Å². The van der Waals surface area contributed by atoms with Gasteiger partial charge in [-0.1, -0.05) is 18.2 Å². The minimum absolute atomic E-state index is 0.165. The second-order valence-corrected chi connectivity index (χ2v) is 4.10. The first-order chi connectivity index (χ1) is 8.16. The van der Waals surface area contributed by atoms with Crippen molar-refractivity contribution < 1.29 is 19.7 Å². The van der Waals surface area contributed by atoms with Gasteiger partial charge in [-0.05, 0) is 18.6 Å². The lowest BCUT2D eigenvalue weighted by Crippen LogP contribution is -2.38. The van der Waals surface area contributed by atoms with Gasteiger partial charge in [0, 0.05) is 0 Å². The summed E-state index contributed by atoms with van der Waals surface area (Å²) in [5, 5.41) is 18.4.